The molecule has 0 spiro atoms. The normalized spacial score (nSPS) is 19.8. The summed E-state index contributed by atoms with van der Waals surface area (Å²) in [5, 5.41) is 0. The van der Waals surface area contributed by atoms with Crippen LogP contribution in [0.25, 0.3) is 0 Å². The summed E-state index contributed by atoms with van der Waals surface area (Å²) in [6.45, 7) is 4.60. The lowest BCUT2D eigenvalue weighted by atomic mass is 10.0. The SMILES string of the molecule is COc1cccc(S(=O)(=O)Nc2ccc3c(c2)OC[C@@H](C)N(C(=O)Cc2cccnc2)C[C@@H](C)[C@@H](OC)CN(C)C3=O)c1. The third-order valence-electron chi connectivity index (χ3n) is 7.45. The van der Waals surface area contributed by atoms with E-state index in [1.165, 1.54) is 37.4 Å². The Labute approximate surface area is 252 Å². The highest BCUT2D eigenvalue weighted by Crippen LogP contribution is 2.29. The minimum atomic E-state index is -3.97. The van der Waals surface area contributed by atoms with Crippen molar-refractivity contribution in [2.45, 2.75) is 37.3 Å². The van der Waals surface area contributed by atoms with Crippen LogP contribution in [0.1, 0.15) is 29.8 Å². The molecule has 0 radical (unpaired) electrons. The van der Waals surface area contributed by atoms with Gasteiger partial charge in [0.2, 0.25) is 5.91 Å². The Hall–Kier alpha value is -4.16. The van der Waals surface area contributed by atoms with Gasteiger partial charge in [-0.1, -0.05) is 19.1 Å². The number of nitrogens with one attached hydrogen (secondary N) is 1. The van der Waals surface area contributed by atoms with Gasteiger partial charge in [0.05, 0.1) is 41.8 Å². The number of likely N-dealkylation sites (N-methyl/N-ethyl adjacent to an activating group) is 1. The molecule has 1 aliphatic rings. The van der Waals surface area contributed by atoms with Gasteiger partial charge in [0.25, 0.3) is 15.9 Å². The Morgan fingerprint density at radius 2 is 1.88 bits per heavy atom. The fourth-order valence-electron chi connectivity index (χ4n) is 4.94. The number of sulfonamides is 1. The molecule has 2 amide bonds. The van der Waals surface area contributed by atoms with Crippen molar-refractivity contribution in [3.63, 3.8) is 0 Å². The van der Waals surface area contributed by atoms with Gasteiger partial charge in [-0.2, -0.15) is 0 Å². The van der Waals surface area contributed by atoms with Crippen LogP contribution in [0.5, 0.6) is 11.5 Å². The summed E-state index contributed by atoms with van der Waals surface area (Å²) in [5.41, 5.74) is 1.27. The largest absolute Gasteiger partial charge is 0.497 e. The van der Waals surface area contributed by atoms with Crippen LogP contribution < -0.4 is 14.2 Å². The summed E-state index contributed by atoms with van der Waals surface area (Å²) >= 11 is 0. The number of hydrogen-bond acceptors (Lipinski definition) is 8. The maximum atomic E-state index is 13.5. The maximum Gasteiger partial charge on any atom is 0.262 e. The zero-order valence-electron chi connectivity index (χ0n) is 25.0. The molecule has 2 heterocycles. The highest BCUT2D eigenvalue weighted by molar-refractivity contribution is 7.92. The molecule has 3 aromatic rings. The van der Waals surface area contributed by atoms with Crippen LogP contribution in [0.4, 0.5) is 5.69 Å². The van der Waals surface area contributed by atoms with Gasteiger partial charge in [0, 0.05) is 57.7 Å². The number of ether oxygens (including phenoxy) is 3. The van der Waals surface area contributed by atoms with E-state index < -0.39 is 10.0 Å². The Morgan fingerprint density at radius 1 is 1.09 bits per heavy atom. The van der Waals surface area contributed by atoms with Crippen LogP contribution in [0, 0.1) is 5.92 Å². The Kier molecular flexibility index (Phi) is 10.3. The highest BCUT2D eigenvalue weighted by Gasteiger charge is 2.30. The standard InChI is InChI=1S/C31H38N4O7S/c1-21-18-35(30(36)14-23-8-7-13-32-17-23)22(2)20-42-28-15-24(11-12-27(28)31(37)34(3)19-29(21)41-5)33-43(38,39)26-10-6-9-25(16-26)40-4/h6-13,15-17,21-22,29,33H,14,18-20H2,1-5H3/t21-,22-,29+/m1/s1. The van der Waals surface area contributed by atoms with Gasteiger partial charge in [-0.3, -0.25) is 19.3 Å². The van der Waals surface area contributed by atoms with Crippen LogP contribution in [0.2, 0.25) is 0 Å². The second-order valence-electron chi connectivity index (χ2n) is 10.7. The molecule has 0 aliphatic carbocycles. The van der Waals surface area contributed by atoms with E-state index in [4.69, 9.17) is 14.2 Å². The molecule has 1 N–H and O–H groups in total. The van der Waals surface area contributed by atoms with Crippen LogP contribution in [-0.4, -0.2) is 88.1 Å². The van der Waals surface area contributed by atoms with Gasteiger partial charge < -0.3 is 24.0 Å². The number of methoxy groups -OCH3 is 2. The molecule has 0 fully saturated rings. The molecule has 1 aliphatic heterocycles. The predicted octanol–water partition coefficient (Wildman–Crippen LogP) is 3.47. The second kappa shape index (κ2) is 13.9. The average Bonchev–Trinajstić information content (AvgIpc) is 3.00. The number of fused-ring (bicyclic) bond motifs is 1. The lowest BCUT2D eigenvalue weighted by Gasteiger charge is -2.36. The molecule has 0 bridgehead atoms. The topological polar surface area (TPSA) is 127 Å². The molecule has 2 aromatic carbocycles. The number of rotatable bonds is 7. The Bertz CT molecular complexity index is 1530. The van der Waals surface area contributed by atoms with Crippen LogP contribution in [0.3, 0.4) is 0 Å². The lowest BCUT2D eigenvalue weighted by molar-refractivity contribution is -0.134. The van der Waals surface area contributed by atoms with Gasteiger partial charge in [0.15, 0.2) is 0 Å². The van der Waals surface area contributed by atoms with E-state index in [0.29, 0.717) is 12.3 Å². The molecule has 4 rings (SSSR count). The van der Waals surface area contributed by atoms with Gasteiger partial charge in [-0.25, -0.2) is 8.42 Å². The van der Waals surface area contributed by atoms with E-state index in [-0.39, 0.29) is 71.3 Å². The van der Waals surface area contributed by atoms with E-state index in [1.54, 1.807) is 54.6 Å². The number of anilines is 1. The van der Waals surface area contributed by atoms with Crippen molar-refractivity contribution in [2.75, 3.05) is 45.7 Å². The molecular weight excluding hydrogens is 572 g/mol. The minimum absolute atomic E-state index is 0.0208. The number of benzene rings is 2. The first-order chi connectivity index (χ1) is 20.5. The molecule has 43 heavy (non-hydrogen) atoms. The number of aromatic nitrogens is 1. The fraction of sp³-hybridized carbons (Fsp3) is 0.387. The van der Waals surface area contributed by atoms with Crippen molar-refractivity contribution in [3.8, 4) is 11.5 Å². The number of carbonyl (C=O) groups is 2. The van der Waals surface area contributed by atoms with Crippen molar-refractivity contribution >= 4 is 27.5 Å². The first-order valence-electron chi connectivity index (χ1n) is 13.9. The summed E-state index contributed by atoms with van der Waals surface area (Å²) in [4.78, 5) is 34.5. The second-order valence-corrected chi connectivity index (χ2v) is 12.4. The monoisotopic (exact) mass is 610 g/mol. The first-order valence-corrected chi connectivity index (χ1v) is 15.4. The van der Waals surface area contributed by atoms with E-state index in [0.717, 1.165) is 5.56 Å². The molecule has 1 aromatic heterocycles. The van der Waals surface area contributed by atoms with Crippen LogP contribution >= 0.6 is 0 Å². The Morgan fingerprint density at radius 3 is 2.58 bits per heavy atom. The quantitative estimate of drug-likeness (QED) is 0.431. The number of carbonyl (C=O) groups excluding carboxylic acids is 2. The van der Waals surface area contributed by atoms with Gasteiger partial charge in [-0.05, 0) is 42.8 Å². The molecule has 0 saturated carbocycles. The van der Waals surface area contributed by atoms with Crippen molar-refractivity contribution in [3.05, 3.63) is 78.1 Å². The molecule has 0 unspecified atom stereocenters. The van der Waals surface area contributed by atoms with E-state index in [2.05, 4.69) is 9.71 Å². The van der Waals surface area contributed by atoms with Crippen molar-refractivity contribution in [1.29, 1.82) is 0 Å². The molecule has 11 nitrogen and oxygen atoms in total. The van der Waals surface area contributed by atoms with Crippen molar-refractivity contribution in [2.24, 2.45) is 5.92 Å². The van der Waals surface area contributed by atoms with Crippen LogP contribution in [0.15, 0.2) is 71.9 Å². The summed E-state index contributed by atoms with van der Waals surface area (Å²) in [7, 11) is 0.750. The lowest BCUT2D eigenvalue weighted by Crippen LogP contribution is -2.49. The minimum Gasteiger partial charge on any atom is -0.497 e. The zero-order valence-corrected chi connectivity index (χ0v) is 25.8. The summed E-state index contributed by atoms with van der Waals surface area (Å²) in [6, 6.07) is 13.9. The Balaban J connectivity index is 1.66. The third-order valence-corrected chi connectivity index (χ3v) is 8.83. The van der Waals surface area contributed by atoms with E-state index in [1.807, 2.05) is 19.9 Å². The fourth-order valence-corrected chi connectivity index (χ4v) is 6.03. The van der Waals surface area contributed by atoms with Crippen LogP contribution in [-0.2, 0) is 26.0 Å². The zero-order chi connectivity index (χ0) is 31.1. The van der Waals surface area contributed by atoms with E-state index in [9.17, 15) is 18.0 Å². The van der Waals surface area contributed by atoms with Gasteiger partial charge in [0.1, 0.15) is 18.1 Å². The maximum absolute atomic E-state index is 13.5. The molecule has 230 valence electrons. The first kappa shape index (κ1) is 31.8. The summed E-state index contributed by atoms with van der Waals surface area (Å²) in [6.07, 6.45) is 3.16. The molecule has 12 heteroatoms. The predicted molar refractivity (Wildman–Crippen MR) is 162 cm³/mol. The summed E-state index contributed by atoms with van der Waals surface area (Å²) < 4.78 is 45.9. The van der Waals surface area contributed by atoms with Gasteiger partial charge in [-0.15, -0.1) is 0 Å². The molecule has 0 saturated heterocycles. The number of amides is 2. The van der Waals surface area contributed by atoms with Crippen molar-refractivity contribution in [1.82, 2.24) is 14.8 Å². The average molecular weight is 611 g/mol. The smallest absolute Gasteiger partial charge is 0.262 e. The molecular formula is C31H38N4O7S. The van der Waals surface area contributed by atoms with Crippen molar-refractivity contribution < 1.29 is 32.2 Å². The van der Waals surface area contributed by atoms with E-state index >= 15 is 0 Å². The third kappa shape index (κ3) is 7.82. The number of hydrogen-bond donors (Lipinski definition) is 1. The number of pyridine rings is 1. The summed E-state index contributed by atoms with van der Waals surface area (Å²) in [5.74, 6) is 0.110. The van der Waals surface area contributed by atoms with Gasteiger partial charge >= 0.3 is 0 Å². The highest BCUT2D eigenvalue weighted by atomic mass is 32.2. The molecule has 3 atom stereocenters. The number of nitrogens with zero attached hydrogens (tertiary/aromatic N) is 3.